The van der Waals surface area contributed by atoms with E-state index in [2.05, 4.69) is 5.32 Å². The summed E-state index contributed by atoms with van der Waals surface area (Å²) in [4.78, 5) is 0. The van der Waals surface area contributed by atoms with E-state index >= 15 is 0 Å². The van der Waals surface area contributed by atoms with Gasteiger partial charge >= 0.3 is 6.18 Å². The van der Waals surface area contributed by atoms with Crippen molar-refractivity contribution in [3.8, 4) is 0 Å². The van der Waals surface area contributed by atoms with Crippen LogP contribution in [0.3, 0.4) is 0 Å². The van der Waals surface area contributed by atoms with Gasteiger partial charge in [0.15, 0.2) is 0 Å². The van der Waals surface area contributed by atoms with Gasteiger partial charge < -0.3 is 5.32 Å². The molecule has 1 N–H and O–H groups in total. The van der Waals surface area contributed by atoms with E-state index in [0.29, 0.717) is 11.4 Å². The third-order valence-electron chi connectivity index (χ3n) is 3.28. The van der Waals surface area contributed by atoms with Crippen molar-refractivity contribution in [2.24, 2.45) is 0 Å². The summed E-state index contributed by atoms with van der Waals surface area (Å²) in [5, 5.41) is 3.97. The lowest BCUT2D eigenvalue weighted by atomic mass is 9.96. The van der Waals surface area contributed by atoms with Gasteiger partial charge in [0, 0.05) is 17.5 Å². The topological polar surface area (TPSA) is 12.0 Å². The lowest BCUT2D eigenvalue weighted by Gasteiger charge is -2.22. The average molecular weight is 308 g/mol. The summed E-state index contributed by atoms with van der Waals surface area (Å²) in [5.41, 5.74) is 1.93. The molecule has 0 fully saturated rings. The average Bonchev–Trinajstić information content (AvgIpc) is 2.36. The van der Waals surface area contributed by atoms with E-state index in [1.165, 1.54) is 0 Å². The fourth-order valence-corrected chi connectivity index (χ4v) is 2.38. The van der Waals surface area contributed by atoms with Crippen LogP contribution in [0.15, 0.2) is 18.2 Å². The van der Waals surface area contributed by atoms with Crippen LogP contribution in [0, 0.1) is 6.92 Å². The van der Waals surface area contributed by atoms with Crippen molar-refractivity contribution in [3.63, 3.8) is 0 Å². The van der Waals surface area contributed by atoms with Gasteiger partial charge in [0.25, 0.3) is 0 Å². The van der Waals surface area contributed by atoms with Crippen molar-refractivity contribution in [1.29, 1.82) is 0 Å². The zero-order valence-corrected chi connectivity index (χ0v) is 12.6. The first kappa shape index (κ1) is 17.3. The Morgan fingerprint density at radius 1 is 1.30 bits per heavy atom. The third kappa shape index (κ3) is 5.71. The molecule has 0 saturated carbocycles. The standard InChI is InChI=1S/C15H21ClF3N/c1-3-10-20-14(8-5-9-15(17,18)19)12-6-4-7-13(16)11(12)2/h4,6-7,14,20H,3,5,8-10H2,1-2H3. The quantitative estimate of drug-likeness (QED) is 0.709. The number of halogens is 4. The Hall–Kier alpha value is -0.740. The number of nitrogens with one attached hydrogen (secondary N) is 1. The fraction of sp³-hybridized carbons (Fsp3) is 0.600. The molecular formula is C15H21ClF3N. The van der Waals surface area contributed by atoms with Gasteiger partial charge in [-0.25, -0.2) is 0 Å². The molecule has 0 saturated heterocycles. The van der Waals surface area contributed by atoms with Gasteiger partial charge in [-0.1, -0.05) is 30.7 Å². The predicted molar refractivity (Wildman–Crippen MR) is 77.1 cm³/mol. The molecule has 0 heterocycles. The summed E-state index contributed by atoms with van der Waals surface area (Å²) in [6.07, 6.45) is -3.30. The minimum Gasteiger partial charge on any atom is -0.310 e. The van der Waals surface area contributed by atoms with Gasteiger partial charge in [-0.05, 0) is 49.9 Å². The van der Waals surface area contributed by atoms with Crippen molar-refractivity contribution in [3.05, 3.63) is 34.3 Å². The van der Waals surface area contributed by atoms with Gasteiger partial charge in [-0.3, -0.25) is 0 Å². The van der Waals surface area contributed by atoms with E-state index in [9.17, 15) is 13.2 Å². The van der Waals surface area contributed by atoms with Crippen LogP contribution in [-0.2, 0) is 0 Å². The van der Waals surface area contributed by atoms with Crippen LogP contribution < -0.4 is 5.32 Å². The van der Waals surface area contributed by atoms with Gasteiger partial charge in [0.1, 0.15) is 0 Å². The lowest BCUT2D eigenvalue weighted by molar-refractivity contribution is -0.135. The van der Waals surface area contributed by atoms with Crippen LogP contribution in [0.1, 0.15) is 49.8 Å². The lowest BCUT2D eigenvalue weighted by Crippen LogP contribution is -2.23. The zero-order valence-electron chi connectivity index (χ0n) is 11.9. The molecule has 0 amide bonds. The molecule has 1 nitrogen and oxygen atoms in total. The summed E-state index contributed by atoms with van der Waals surface area (Å²) in [6, 6.07) is 5.50. The van der Waals surface area contributed by atoms with E-state index < -0.39 is 12.6 Å². The molecular weight excluding hydrogens is 287 g/mol. The van der Waals surface area contributed by atoms with Gasteiger partial charge in [0.2, 0.25) is 0 Å². The Kier molecular flexibility index (Phi) is 6.83. The Morgan fingerprint density at radius 3 is 2.60 bits per heavy atom. The molecule has 0 aliphatic carbocycles. The van der Waals surface area contributed by atoms with Crippen molar-refractivity contribution in [2.75, 3.05) is 6.54 Å². The molecule has 0 aromatic heterocycles. The van der Waals surface area contributed by atoms with Crippen LogP contribution in [0.25, 0.3) is 0 Å². The maximum atomic E-state index is 12.3. The Balaban J connectivity index is 2.75. The summed E-state index contributed by atoms with van der Waals surface area (Å²) in [7, 11) is 0. The molecule has 20 heavy (non-hydrogen) atoms. The maximum absolute atomic E-state index is 12.3. The number of hydrogen-bond acceptors (Lipinski definition) is 1. The Bertz CT molecular complexity index is 418. The van der Waals surface area contributed by atoms with Gasteiger partial charge in [-0.2, -0.15) is 13.2 Å². The van der Waals surface area contributed by atoms with Crippen molar-refractivity contribution >= 4 is 11.6 Å². The molecule has 0 aliphatic rings. The van der Waals surface area contributed by atoms with E-state index in [4.69, 9.17) is 11.6 Å². The molecule has 1 rings (SSSR count). The molecule has 5 heteroatoms. The first-order valence-corrected chi connectivity index (χ1v) is 7.28. The highest BCUT2D eigenvalue weighted by atomic mass is 35.5. The number of benzene rings is 1. The predicted octanol–water partition coefficient (Wildman–Crippen LogP) is 5.42. The monoisotopic (exact) mass is 307 g/mol. The van der Waals surface area contributed by atoms with Crippen molar-refractivity contribution < 1.29 is 13.2 Å². The van der Waals surface area contributed by atoms with Gasteiger partial charge in [-0.15, -0.1) is 0 Å². The van der Waals surface area contributed by atoms with Gasteiger partial charge in [0.05, 0.1) is 0 Å². The molecule has 0 radical (unpaired) electrons. The van der Waals surface area contributed by atoms with Crippen LogP contribution in [0.4, 0.5) is 13.2 Å². The minimum absolute atomic E-state index is 0.0731. The third-order valence-corrected chi connectivity index (χ3v) is 3.69. The fourth-order valence-electron chi connectivity index (χ4n) is 2.19. The second kappa shape index (κ2) is 7.89. The highest BCUT2D eigenvalue weighted by molar-refractivity contribution is 6.31. The zero-order chi connectivity index (χ0) is 15.2. The largest absolute Gasteiger partial charge is 0.389 e. The summed E-state index contributed by atoms with van der Waals surface area (Å²) >= 11 is 6.09. The van der Waals surface area contributed by atoms with Crippen LogP contribution in [0.2, 0.25) is 5.02 Å². The number of hydrogen-bond donors (Lipinski definition) is 1. The van der Waals surface area contributed by atoms with Crippen molar-refractivity contribution in [2.45, 2.75) is 51.7 Å². The molecule has 114 valence electrons. The molecule has 1 atom stereocenters. The maximum Gasteiger partial charge on any atom is 0.389 e. The molecule has 1 aromatic rings. The van der Waals surface area contributed by atoms with Crippen molar-refractivity contribution in [1.82, 2.24) is 5.32 Å². The normalized spacial score (nSPS) is 13.5. The molecule has 1 unspecified atom stereocenters. The first-order valence-electron chi connectivity index (χ1n) is 6.90. The molecule has 0 aliphatic heterocycles. The van der Waals surface area contributed by atoms with E-state index in [0.717, 1.165) is 24.1 Å². The minimum atomic E-state index is -4.08. The Labute approximate surface area is 123 Å². The summed E-state index contributed by atoms with van der Waals surface area (Å²) in [5.74, 6) is 0. The highest BCUT2D eigenvalue weighted by Crippen LogP contribution is 2.30. The number of rotatable bonds is 7. The first-order chi connectivity index (χ1) is 9.35. The van der Waals surface area contributed by atoms with Crippen LogP contribution >= 0.6 is 11.6 Å². The summed E-state index contributed by atoms with van der Waals surface area (Å²) < 4.78 is 36.8. The second-order valence-electron chi connectivity index (χ2n) is 4.97. The smallest absolute Gasteiger partial charge is 0.310 e. The Morgan fingerprint density at radius 2 is 2.00 bits per heavy atom. The van der Waals surface area contributed by atoms with E-state index in [1.54, 1.807) is 6.07 Å². The van der Waals surface area contributed by atoms with Crippen LogP contribution in [-0.4, -0.2) is 12.7 Å². The molecule has 0 bridgehead atoms. The highest BCUT2D eigenvalue weighted by Gasteiger charge is 2.27. The molecule has 1 aromatic carbocycles. The van der Waals surface area contributed by atoms with E-state index in [-0.39, 0.29) is 12.5 Å². The summed E-state index contributed by atoms with van der Waals surface area (Å²) in [6.45, 7) is 4.72. The van der Waals surface area contributed by atoms with E-state index in [1.807, 2.05) is 26.0 Å². The second-order valence-corrected chi connectivity index (χ2v) is 5.38. The SMILES string of the molecule is CCCNC(CCCC(F)(F)F)c1cccc(Cl)c1C. The number of alkyl halides is 3. The molecule has 0 spiro atoms. The van der Waals surface area contributed by atoms with Crippen LogP contribution in [0.5, 0.6) is 0 Å².